The molecule has 0 saturated heterocycles. The van der Waals surface area contributed by atoms with E-state index < -0.39 is 0 Å². The Morgan fingerprint density at radius 2 is 1.84 bits per heavy atom. The lowest BCUT2D eigenvalue weighted by Gasteiger charge is -2.15. The van der Waals surface area contributed by atoms with Crippen molar-refractivity contribution in [3.63, 3.8) is 0 Å². The lowest BCUT2D eigenvalue weighted by Crippen LogP contribution is -2.33. The molecule has 1 aromatic carbocycles. The fraction of sp³-hybridized carbons (Fsp3) is 0.316. The Morgan fingerprint density at radius 3 is 2.60 bits per heavy atom. The number of para-hydroxylation sites is 1. The van der Waals surface area contributed by atoms with Crippen molar-refractivity contribution in [1.29, 1.82) is 0 Å². The van der Waals surface area contributed by atoms with Crippen LogP contribution in [0.4, 0.5) is 5.69 Å². The average molecular weight is 355 g/mol. The first-order chi connectivity index (χ1) is 12.2. The van der Waals surface area contributed by atoms with Crippen LogP contribution in [0.3, 0.4) is 0 Å². The van der Waals surface area contributed by atoms with E-state index in [2.05, 4.69) is 15.6 Å². The van der Waals surface area contributed by atoms with Crippen molar-refractivity contribution in [1.82, 2.24) is 10.3 Å². The fourth-order valence-electron chi connectivity index (χ4n) is 2.88. The molecule has 0 radical (unpaired) electrons. The number of anilines is 1. The van der Waals surface area contributed by atoms with Gasteiger partial charge >= 0.3 is 0 Å². The molecular formula is C19H21N3O2S. The van der Waals surface area contributed by atoms with Crippen molar-refractivity contribution in [2.45, 2.75) is 36.8 Å². The van der Waals surface area contributed by atoms with Gasteiger partial charge in [0, 0.05) is 12.2 Å². The first-order valence-electron chi connectivity index (χ1n) is 8.46. The monoisotopic (exact) mass is 355 g/mol. The zero-order chi connectivity index (χ0) is 17.5. The lowest BCUT2D eigenvalue weighted by molar-refractivity contribution is -0.113. The van der Waals surface area contributed by atoms with Crippen LogP contribution in [-0.4, -0.2) is 28.6 Å². The van der Waals surface area contributed by atoms with Gasteiger partial charge in [-0.15, -0.1) is 0 Å². The molecule has 1 aliphatic rings. The van der Waals surface area contributed by atoms with Gasteiger partial charge in [-0.1, -0.05) is 42.8 Å². The Morgan fingerprint density at radius 1 is 1.08 bits per heavy atom. The quantitative estimate of drug-likeness (QED) is 0.778. The summed E-state index contributed by atoms with van der Waals surface area (Å²) in [6.07, 6.45) is 6.08. The van der Waals surface area contributed by atoms with E-state index in [0.29, 0.717) is 11.3 Å². The summed E-state index contributed by atoms with van der Waals surface area (Å²) in [5.74, 6) is -0.0350. The molecule has 0 unspecified atom stereocenters. The molecule has 2 amide bonds. The largest absolute Gasteiger partial charge is 0.349 e. The van der Waals surface area contributed by atoms with Crippen molar-refractivity contribution < 1.29 is 9.59 Å². The van der Waals surface area contributed by atoms with E-state index in [1.165, 1.54) is 11.8 Å². The zero-order valence-electron chi connectivity index (χ0n) is 13.9. The first-order valence-corrected chi connectivity index (χ1v) is 9.44. The smallest absolute Gasteiger partial charge is 0.253 e. The lowest BCUT2D eigenvalue weighted by atomic mass is 10.1. The minimum Gasteiger partial charge on any atom is -0.349 e. The van der Waals surface area contributed by atoms with Gasteiger partial charge in [-0.3, -0.25) is 9.59 Å². The third kappa shape index (κ3) is 5.06. The Hall–Kier alpha value is -2.34. The van der Waals surface area contributed by atoms with Gasteiger partial charge in [0.1, 0.15) is 0 Å². The Kier molecular flexibility index (Phi) is 6.06. The van der Waals surface area contributed by atoms with Crippen molar-refractivity contribution in [2.75, 3.05) is 11.1 Å². The fourth-order valence-corrected chi connectivity index (χ4v) is 3.54. The van der Waals surface area contributed by atoms with E-state index in [0.717, 1.165) is 30.7 Å². The summed E-state index contributed by atoms with van der Waals surface area (Å²) in [5, 5.41) is 6.70. The number of rotatable bonds is 6. The Bertz CT molecular complexity index is 730. The second kappa shape index (κ2) is 8.67. The standard InChI is InChI=1S/C19H21N3O2S/c23-17(13-25-18-11-5-6-12-20-18)22-16-10-4-3-9-15(16)19(24)21-14-7-1-2-8-14/h3-6,9-12,14H,1-2,7-8,13H2,(H,21,24)(H,22,23). The van der Waals surface area contributed by atoms with Gasteiger partial charge in [0.25, 0.3) is 5.91 Å². The van der Waals surface area contributed by atoms with E-state index in [9.17, 15) is 9.59 Å². The van der Waals surface area contributed by atoms with Crippen LogP contribution in [0.5, 0.6) is 0 Å². The topological polar surface area (TPSA) is 71.1 Å². The van der Waals surface area contributed by atoms with Crippen LogP contribution in [0.2, 0.25) is 0 Å². The summed E-state index contributed by atoms with van der Waals surface area (Å²) in [5.41, 5.74) is 1.05. The Balaban J connectivity index is 1.59. The Labute approximate surface area is 151 Å². The second-order valence-corrected chi connectivity index (χ2v) is 7.00. The highest BCUT2D eigenvalue weighted by atomic mass is 32.2. The van der Waals surface area contributed by atoms with Crippen LogP contribution in [-0.2, 0) is 4.79 Å². The number of hydrogen-bond acceptors (Lipinski definition) is 4. The molecule has 0 atom stereocenters. The normalized spacial score (nSPS) is 14.2. The minimum atomic E-state index is -0.156. The summed E-state index contributed by atoms with van der Waals surface area (Å²) in [6, 6.07) is 12.9. The van der Waals surface area contributed by atoms with Gasteiger partial charge in [0.05, 0.1) is 22.0 Å². The van der Waals surface area contributed by atoms with Crippen LogP contribution in [0, 0.1) is 0 Å². The highest BCUT2D eigenvalue weighted by Gasteiger charge is 2.20. The SMILES string of the molecule is O=C(CSc1ccccn1)Nc1ccccc1C(=O)NC1CCCC1. The molecule has 6 heteroatoms. The molecule has 3 rings (SSSR count). The summed E-state index contributed by atoms with van der Waals surface area (Å²) < 4.78 is 0. The number of benzene rings is 1. The van der Waals surface area contributed by atoms with Gasteiger partial charge in [-0.25, -0.2) is 4.98 Å². The van der Waals surface area contributed by atoms with Gasteiger partial charge in [0.15, 0.2) is 0 Å². The molecule has 0 spiro atoms. The van der Waals surface area contributed by atoms with Crippen LogP contribution in [0.25, 0.3) is 0 Å². The van der Waals surface area contributed by atoms with Crippen molar-refractivity contribution in [2.24, 2.45) is 0 Å². The van der Waals surface area contributed by atoms with Crippen LogP contribution < -0.4 is 10.6 Å². The first kappa shape index (κ1) is 17.5. The number of hydrogen-bond donors (Lipinski definition) is 2. The van der Waals surface area contributed by atoms with E-state index in [1.807, 2.05) is 30.3 Å². The maximum Gasteiger partial charge on any atom is 0.253 e. The van der Waals surface area contributed by atoms with E-state index in [-0.39, 0.29) is 23.6 Å². The number of aromatic nitrogens is 1. The highest BCUT2D eigenvalue weighted by molar-refractivity contribution is 7.99. The molecule has 5 nitrogen and oxygen atoms in total. The van der Waals surface area contributed by atoms with Gasteiger partial charge < -0.3 is 10.6 Å². The van der Waals surface area contributed by atoms with E-state index in [4.69, 9.17) is 0 Å². The summed E-state index contributed by atoms with van der Waals surface area (Å²) >= 11 is 1.36. The number of carbonyl (C=O) groups excluding carboxylic acids is 2. The summed E-state index contributed by atoms with van der Waals surface area (Å²) in [4.78, 5) is 28.9. The molecular weight excluding hydrogens is 334 g/mol. The molecule has 0 aliphatic heterocycles. The molecule has 2 N–H and O–H groups in total. The number of thioether (sulfide) groups is 1. The van der Waals surface area contributed by atoms with E-state index >= 15 is 0 Å². The molecule has 130 valence electrons. The maximum absolute atomic E-state index is 12.5. The third-order valence-corrected chi connectivity index (χ3v) is 5.07. The molecule has 2 aromatic rings. The number of nitrogens with one attached hydrogen (secondary N) is 2. The number of carbonyl (C=O) groups is 2. The van der Waals surface area contributed by atoms with Gasteiger partial charge in [-0.2, -0.15) is 0 Å². The predicted octanol–water partition coefficient (Wildman–Crippen LogP) is 3.48. The molecule has 25 heavy (non-hydrogen) atoms. The van der Waals surface area contributed by atoms with Crippen LogP contribution in [0.15, 0.2) is 53.7 Å². The average Bonchev–Trinajstić information content (AvgIpc) is 3.14. The van der Waals surface area contributed by atoms with Gasteiger partial charge in [-0.05, 0) is 37.1 Å². The molecule has 1 heterocycles. The molecule has 1 aromatic heterocycles. The van der Waals surface area contributed by atoms with Crippen molar-refractivity contribution in [3.05, 3.63) is 54.2 Å². The zero-order valence-corrected chi connectivity index (χ0v) is 14.7. The second-order valence-electron chi connectivity index (χ2n) is 6.01. The summed E-state index contributed by atoms with van der Waals surface area (Å²) in [6.45, 7) is 0. The number of amides is 2. The van der Waals surface area contributed by atoms with Crippen LogP contribution >= 0.6 is 11.8 Å². The predicted molar refractivity (Wildman–Crippen MR) is 99.8 cm³/mol. The van der Waals surface area contributed by atoms with E-state index in [1.54, 1.807) is 18.3 Å². The number of nitrogens with zero attached hydrogens (tertiary/aromatic N) is 1. The molecule has 0 bridgehead atoms. The molecule has 1 aliphatic carbocycles. The minimum absolute atomic E-state index is 0.125. The van der Waals surface area contributed by atoms with Crippen molar-refractivity contribution in [3.8, 4) is 0 Å². The molecule has 1 fully saturated rings. The van der Waals surface area contributed by atoms with Gasteiger partial charge in [0.2, 0.25) is 5.91 Å². The maximum atomic E-state index is 12.5. The van der Waals surface area contributed by atoms with Crippen molar-refractivity contribution >= 4 is 29.3 Å². The number of pyridine rings is 1. The van der Waals surface area contributed by atoms with Crippen LogP contribution in [0.1, 0.15) is 36.0 Å². The molecule has 1 saturated carbocycles. The third-order valence-electron chi connectivity index (χ3n) is 4.13. The highest BCUT2D eigenvalue weighted by Crippen LogP contribution is 2.21. The summed E-state index contributed by atoms with van der Waals surface area (Å²) in [7, 11) is 0.